The molecule has 0 bridgehead atoms. The Hall–Kier alpha value is -3.44. The number of hydrogen-bond donors (Lipinski definition) is 3. The summed E-state index contributed by atoms with van der Waals surface area (Å²) in [4.78, 5) is 16.8. The molecule has 0 saturated carbocycles. The largest absolute Gasteiger partial charge is 0.492 e. The number of rotatable bonds is 8. The molecule has 0 saturated heterocycles. The van der Waals surface area contributed by atoms with Crippen molar-refractivity contribution < 1.29 is 18.8 Å². The van der Waals surface area contributed by atoms with Crippen LogP contribution in [0.3, 0.4) is 0 Å². The number of nitrogens with one attached hydrogen (secondary N) is 1. The van der Waals surface area contributed by atoms with Gasteiger partial charge in [0.2, 0.25) is 5.82 Å². The molecule has 0 radical (unpaired) electrons. The van der Waals surface area contributed by atoms with Crippen LogP contribution in [-0.4, -0.2) is 44.1 Å². The maximum atomic E-state index is 13.8. The van der Waals surface area contributed by atoms with Crippen molar-refractivity contribution in [2.24, 2.45) is 0 Å². The summed E-state index contributed by atoms with van der Waals surface area (Å²) in [6, 6.07) is 7.00. The highest BCUT2D eigenvalue weighted by Gasteiger charge is 2.22. The smallest absolute Gasteiger partial charge is 0.415 e. The number of ether oxygens (including phenoxy) is 1. The van der Waals surface area contributed by atoms with Gasteiger partial charge in [-0.15, -0.1) is 11.3 Å². The number of thiophene rings is 1. The number of allylic oxidation sites excluding steroid dienone is 1. The highest BCUT2D eigenvalue weighted by Crippen LogP contribution is 2.53. The van der Waals surface area contributed by atoms with Crippen LogP contribution in [0.4, 0.5) is 10.2 Å². The van der Waals surface area contributed by atoms with E-state index < -0.39 is 17.0 Å². The Kier molecular flexibility index (Phi) is 6.44. The lowest BCUT2D eigenvalue weighted by Gasteiger charge is -2.21. The predicted octanol–water partition coefficient (Wildman–Crippen LogP) is 5.65. The summed E-state index contributed by atoms with van der Waals surface area (Å²) in [7, 11) is -0.501. The van der Waals surface area contributed by atoms with Crippen LogP contribution in [-0.2, 0) is 0 Å². The summed E-state index contributed by atoms with van der Waals surface area (Å²) in [6.07, 6.45) is 3.13. The molecule has 0 spiro atoms. The third kappa shape index (κ3) is 4.73. The van der Waals surface area contributed by atoms with E-state index in [4.69, 9.17) is 9.26 Å². The van der Waals surface area contributed by atoms with E-state index in [1.807, 2.05) is 26.0 Å². The molecule has 0 fully saturated rings. The number of hydrogen-bond acceptors (Lipinski definition) is 9. The maximum absolute atomic E-state index is 13.8. The Morgan fingerprint density at radius 1 is 1.20 bits per heavy atom. The molecule has 35 heavy (non-hydrogen) atoms. The van der Waals surface area contributed by atoms with Gasteiger partial charge in [0, 0.05) is 23.6 Å². The van der Waals surface area contributed by atoms with Crippen LogP contribution in [0.1, 0.15) is 25.0 Å². The lowest BCUT2D eigenvalue weighted by Crippen LogP contribution is -2.09. The van der Waals surface area contributed by atoms with E-state index in [2.05, 4.69) is 38.4 Å². The fourth-order valence-corrected chi connectivity index (χ4v) is 7.60. The van der Waals surface area contributed by atoms with Crippen molar-refractivity contribution in [3.63, 3.8) is 0 Å². The first-order valence-corrected chi connectivity index (χ1v) is 13.4. The number of aromatic hydroxyl groups is 1. The monoisotopic (exact) mass is 513 g/mol. The van der Waals surface area contributed by atoms with E-state index in [0.29, 0.717) is 23.1 Å². The van der Waals surface area contributed by atoms with E-state index in [-0.39, 0.29) is 11.6 Å². The molecule has 5 rings (SSSR count). The minimum absolute atomic E-state index is 0.186. The average molecular weight is 514 g/mol. The number of aromatic nitrogens is 4. The van der Waals surface area contributed by atoms with Gasteiger partial charge in [-0.25, -0.2) is 25.3 Å². The van der Waals surface area contributed by atoms with Crippen molar-refractivity contribution >= 4 is 34.1 Å². The SMILES string of the molecule is CCOc1cc(-c2cc(NCC[SH]3C(C)=Cc4cc(F)cc(C)c43)ncn2)sc1-c1noc(O)n1. The second-order valence-corrected chi connectivity index (χ2v) is 11.5. The lowest BCUT2D eigenvalue weighted by molar-refractivity contribution is 0.267. The van der Waals surface area contributed by atoms with Crippen molar-refractivity contribution in [1.82, 2.24) is 20.1 Å². The quantitative estimate of drug-likeness (QED) is 0.260. The van der Waals surface area contributed by atoms with Gasteiger partial charge in [0.1, 0.15) is 28.6 Å². The average Bonchev–Trinajstić information content (AvgIpc) is 3.51. The first kappa shape index (κ1) is 23.3. The van der Waals surface area contributed by atoms with Crippen LogP contribution in [0.5, 0.6) is 11.8 Å². The summed E-state index contributed by atoms with van der Waals surface area (Å²) in [5.74, 6) is 2.31. The van der Waals surface area contributed by atoms with Gasteiger partial charge in [-0.05, 0) is 60.8 Å². The number of thiol groups is 1. The van der Waals surface area contributed by atoms with Crippen LogP contribution in [0.2, 0.25) is 0 Å². The maximum Gasteiger partial charge on any atom is 0.415 e. The summed E-state index contributed by atoms with van der Waals surface area (Å²) >= 11 is 1.39. The molecule has 1 atom stereocenters. The minimum atomic E-state index is -0.501. The molecular formula is C24H24FN5O3S2. The minimum Gasteiger partial charge on any atom is -0.492 e. The third-order valence-electron chi connectivity index (χ3n) is 5.53. The highest BCUT2D eigenvalue weighted by atomic mass is 32.2. The number of aryl methyl sites for hydroxylation is 1. The van der Waals surface area contributed by atoms with Crippen molar-refractivity contribution in [3.8, 4) is 33.1 Å². The fourth-order valence-electron chi connectivity index (χ4n) is 4.12. The Morgan fingerprint density at radius 3 is 2.83 bits per heavy atom. The van der Waals surface area contributed by atoms with Gasteiger partial charge in [0.25, 0.3) is 0 Å². The molecule has 4 aromatic rings. The molecule has 11 heteroatoms. The highest BCUT2D eigenvalue weighted by molar-refractivity contribution is 8.20. The molecule has 1 aliphatic heterocycles. The van der Waals surface area contributed by atoms with E-state index in [1.54, 1.807) is 12.1 Å². The number of nitrogens with zero attached hydrogens (tertiary/aromatic N) is 4. The normalized spacial score (nSPS) is 15.7. The third-order valence-corrected chi connectivity index (χ3v) is 9.47. The molecular weight excluding hydrogens is 489 g/mol. The molecule has 1 aromatic carbocycles. The Morgan fingerprint density at radius 2 is 2.06 bits per heavy atom. The molecule has 0 aliphatic carbocycles. The van der Waals surface area contributed by atoms with Crippen LogP contribution < -0.4 is 10.1 Å². The van der Waals surface area contributed by atoms with Gasteiger partial charge in [-0.3, -0.25) is 4.52 Å². The zero-order valence-electron chi connectivity index (χ0n) is 19.4. The first-order valence-electron chi connectivity index (χ1n) is 11.0. The summed E-state index contributed by atoms with van der Waals surface area (Å²) in [5, 5.41) is 16.6. The topological polar surface area (TPSA) is 106 Å². The van der Waals surface area contributed by atoms with E-state index in [0.717, 1.165) is 34.0 Å². The molecule has 4 heterocycles. The van der Waals surface area contributed by atoms with Crippen molar-refractivity contribution in [2.45, 2.75) is 25.7 Å². The second kappa shape index (κ2) is 9.67. The molecule has 1 aliphatic rings. The van der Waals surface area contributed by atoms with Gasteiger partial charge in [-0.2, -0.15) is 4.98 Å². The molecule has 0 amide bonds. The number of halogens is 1. The van der Waals surface area contributed by atoms with Gasteiger partial charge < -0.3 is 15.2 Å². The molecule has 3 aromatic heterocycles. The number of anilines is 1. The van der Waals surface area contributed by atoms with Crippen molar-refractivity contribution in [1.29, 1.82) is 0 Å². The zero-order valence-corrected chi connectivity index (χ0v) is 21.1. The van der Waals surface area contributed by atoms with Crippen LogP contribution in [0.15, 0.2) is 44.9 Å². The van der Waals surface area contributed by atoms with Gasteiger partial charge in [0.15, 0.2) is 0 Å². The first-order chi connectivity index (χ1) is 16.9. The van der Waals surface area contributed by atoms with Crippen LogP contribution in [0.25, 0.3) is 27.3 Å². The molecule has 1 unspecified atom stereocenters. The number of benzene rings is 1. The van der Waals surface area contributed by atoms with Crippen LogP contribution in [0, 0.1) is 12.7 Å². The van der Waals surface area contributed by atoms with E-state index in [9.17, 15) is 9.50 Å². The second-order valence-electron chi connectivity index (χ2n) is 7.95. The fraction of sp³-hybridized carbons (Fsp3) is 0.250. The number of fused-ring (bicyclic) bond motifs is 1. The van der Waals surface area contributed by atoms with Crippen molar-refractivity contribution in [2.75, 3.05) is 24.2 Å². The Balaban J connectivity index is 1.32. The molecule has 182 valence electrons. The Bertz CT molecular complexity index is 1420. The summed E-state index contributed by atoms with van der Waals surface area (Å²) < 4.78 is 24.3. The predicted molar refractivity (Wildman–Crippen MR) is 137 cm³/mol. The van der Waals surface area contributed by atoms with Gasteiger partial charge in [0.05, 0.1) is 17.2 Å². The van der Waals surface area contributed by atoms with E-state index in [1.165, 1.54) is 27.5 Å². The lowest BCUT2D eigenvalue weighted by atomic mass is 10.1. The van der Waals surface area contributed by atoms with Gasteiger partial charge in [-0.1, -0.05) is 5.16 Å². The molecule has 8 nitrogen and oxygen atoms in total. The standard InChI is InChI=1S/C24H24FN5O3S2/c1-4-32-18-11-19(34-21(18)23-29-24(31)33-30-23)17-10-20(28-12-27-17)26-5-6-35-14(3)8-15-9-16(25)7-13(2)22(15)35/h7-12,35H,4-6H2,1-3H3,(H,26,27,28)(H,29,30,31). The van der Waals surface area contributed by atoms with Crippen LogP contribution >= 0.6 is 22.2 Å². The van der Waals surface area contributed by atoms with Crippen molar-refractivity contribution in [3.05, 3.63) is 52.4 Å². The summed E-state index contributed by atoms with van der Waals surface area (Å²) in [6.45, 7) is 7.19. The zero-order chi connectivity index (χ0) is 24.5. The Labute approximate surface area is 208 Å². The van der Waals surface area contributed by atoms with Gasteiger partial charge >= 0.3 is 6.08 Å². The van der Waals surface area contributed by atoms with E-state index >= 15 is 0 Å². The summed E-state index contributed by atoms with van der Waals surface area (Å²) in [5.41, 5.74) is 2.74. The molecule has 2 N–H and O–H groups in total.